The number of hydrogen-bond acceptors (Lipinski definition) is 5. The zero-order valence-electron chi connectivity index (χ0n) is 15.3. The van der Waals surface area contributed by atoms with E-state index in [9.17, 15) is 4.79 Å². The molecule has 0 spiro atoms. The summed E-state index contributed by atoms with van der Waals surface area (Å²) in [6, 6.07) is 15.6. The Morgan fingerprint density at radius 3 is 2.63 bits per heavy atom. The van der Waals surface area contributed by atoms with Crippen LogP contribution < -0.4 is 4.74 Å². The molecule has 3 aromatic rings. The molecule has 0 saturated carbocycles. The van der Waals surface area contributed by atoms with E-state index >= 15 is 0 Å². The molecular formula is C21H22N2O3S. The summed E-state index contributed by atoms with van der Waals surface area (Å²) in [5, 5.41) is 0. The van der Waals surface area contributed by atoms with Gasteiger partial charge in [0, 0.05) is 23.9 Å². The molecule has 2 heterocycles. The van der Waals surface area contributed by atoms with Crippen LogP contribution in [0.1, 0.15) is 24.7 Å². The lowest BCUT2D eigenvalue weighted by atomic mass is 9.97. The number of hydrogen-bond donors (Lipinski definition) is 0. The van der Waals surface area contributed by atoms with Crippen molar-refractivity contribution in [1.82, 2.24) is 9.88 Å². The number of oxazole rings is 1. The monoisotopic (exact) mass is 382 g/mol. The van der Waals surface area contributed by atoms with E-state index in [0.717, 1.165) is 53.6 Å². The third kappa shape index (κ3) is 4.11. The highest BCUT2D eigenvalue weighted by Crippen LogP contribution is 2.30. The Bertz CT molecular complexity index is 882. The summed E-state index contributed by atoms with van der Waals surface area (Å²) < 4.78 is 11.1. The smallest absolute Gasteiger partial charge is 0.232 e. The number of fused-ring (bicyclic) bond motifs is 1. The fraction of sp³-hybridized carbons (Fsp3) is 0.333. The predicted octanol–water partition coefficient (Wildman–Crippen LogP) is 4.33. The lowest BCUT2D eigenvalue weighted by molar-refractivity contribution is -0.129. The van der Waals surface area contributed by atoms with Gasteiger partial charge in [0.05, 0.1) is 12.9 Å². The van der Waals surface area contributed by atoms with Gasteiger partial charge in [-0.1, -0.05) is 12.1 Å². The van der Waals surface area contributed by atoms with Gasteiger partial charge in [-0.05, 0) is 49.2 Å². The van der Waals surface area contributed by atoms with E-state index in [4.69, 9.17) is 9.15 Å². The van der Waals surface area contributed by atoms with E-state index in [2.05, 4.69) is 4.98 Å². The van der Waals surface area contributed by atoms with Crippen LogP contribution in [0.5, 0.6) is 5.75 Å². The molecule has 27 heavy (non-hydrogen) atoms. The van der Waals surface area contributed by atoms with Crippen LogP contribution >= 0.6 is 11.8 Å². The van der Waals surface area contributed by atoms with E-state index in [1.807, 2.05) is 53.4 Å². The van der Waals surface area contributed by atoms with E-state index in [-0.39, 0.29) is 11.8 Å². The van der Waals surface area contributed by atoms with Crippen LogP contribution in [0.25, 0.3) is 11.1 Å². The number of piperidine rings is 1. The fourth-order valence-corrected chi connectivity index (χ4v) is 4.15. The van der Waals surface area contributed by atoms with Gasteiger partial charge in [-0.25, -0.2) is 4.98 Å². The summed E-state index contributed by atoms with van der Waals surface area (Å²) in [4.78, 5) is 20.2. The Balaban J connectivity index is 1.29. The van der Waals surface area contributed by atoms with Crippen molar-refractivity contribution in [2.24, 2.45) is 0 Å². The van der Waals surface area contributed by atoms with E-state index in [1.165, 1.54) is 0 Å². The summed E-state index contributed by atoms with van der Waals surface area (Å²) in [7, 11) is 1.65. The SMILES string of the molecule is COc1ccc(SCC(=O)N2CCC(c3nc4ccccc4o3)CC2)cc1. The first-order valence-electron chi connectivity index (χ1n) is 9.13. The number of carbonyl (C=O) groups is 1. The largest absolute Gasteiger partial charge is 0.497 e. The number of nitrogens with zero attached hydrogens (tertiary/aromatic N) is 2. The maximum atomic E-state index is 12.5. The maximum Gasteiger partial charge on any atom is 0.232 e. The molecule has 0 radical (unpaired) electrons. The molecule has 6 heteroatoms. The molecule has 4 rings (SSSR count). The van der Waals surface area contributed by atoms with Gasteiger partial charge in [0.25, 0.3) is 0 Å². The third-order valence-corrected chi connectivity index (χ3v) is 5.93. The zero-order chi connectivity index (χ0) is 18.6. The predicted molar refractivity (Wildman–Crippen MR) is 106 cm³/mol. The summed E-state index contributed by atoms with van der Waals surface area (Å²) >= 11 is 1.56. The second kappa shape index (κ2) is 8.05. The molecule has 1 aromatic heterocycles. The molecule has 5 nitrogen and oxygen atoms in total. The van der Waals surface area contributed by atoms with Crippen molar-refractivity contribution in [2.75, 3.05) is 26.0 Å². The Labute approximate surface area is 162 Å². The van der Waals surface area contributed by atoms with Gasteiger partial charge in [0.15, 0.2) is 11.5 Å². The van der Waals surface area contributed by atoms with E-state index in [0.29, 0.717) is 5.75 Å². The molecule has 0 unspecified atom stereocenters. The van der Waals surface area contributed by atoms with Gasteiger partial charge >= 0.3 is 0 Å². The molecule has 1 fully saturated rings. The second-order valence-electron chi connectivity index (χ2n) is 6.64. The molecule has 0 bridgehead atoms. The highest BCUT2D eigenvalue weighted by molar-refractivity contribution is 8.00. The molecule has 140 valence electrons. The van der Waals surface area contributed by atoms with Crippen LogP contribution in [0, 0.1) is 0 Å². The van der Waals surface area contributed by atoms with Gasteiger partial charge < -0.3 is 14.1 Å². The van der Waals surface area contributed by atoms with Gasteiger partial charge in [0.2, 0.25) is 5.91 Å². The number of rotatable bonds is 5. The Hall–Kier alpha value is -2.47. The first-order valence-corrected chi connectivity index (χ1v) is 10.1. The number of ether oxygens (including phenoxy) is 1. The van der Waals surface area contributed by atoms with Crippen LogP contribution in [-0.4, -0.2) is 41.7 Å². The van der Waals surface area contributed by atoms with Crippen LogP contribution in [0.3, 0.4) is 0 Å². The van der Waals surface area contributed by atoms with Gasteiger partial charge in [-0.3, -0.25) is 4.79 Å². The van der Waals surface area contributed by atoms with Gasteiger partial charge in [0.1, 0.15) is 11.3 Å². The number of methoxy groups -OCH3 is 1. The minimum atomic E-state index is 0.187. The third-order valence-electron chi connectivity index (χ3n) is 4.93. The van der Waals surface area contributed by atoms with Crippen LogP contribution in [0.4, 0.5) is 0 Å². The average molecular weight is 382 g/mol. The van der Waals surface area contributed by atoms with Crippen molar-refractivity contribution in [3.63, 3.8) is 0 Å². The Morgan fingerprint density at radius 2 is 1.93 bits per heavy atom. The number of carbonyl (C=O) groups excluding carboxylic acids is 1. The van der Waals surface area contributed by atoms with Crippen molar-refractivity contribution in [1.29, 1.82) is 0 Å². The summed E-state index contributed by atoms with van der Waals surface area (Å²) in [5.74, 6) is 2.56. The zero-order valence-corrected chi connectivity index (χ0v) is 16.1. The molecule has 1 aliphatic heterocycles. The van der Waals surface area contributed by atoms with Crippen molar-refractivity contribution in [3.05, 3.63) is 54.4 Å². The lowest BCUT2D eigenvalue weighted by Gasteiger charge is -2.30. The standard InChI is InChI=1S/C21H22N2O3S/c1-25-16-6-8-17(9-7-16)27-14-20(24)23-12-10-15(11-13-23)21-22-18-4-2-3-5-19(18)26-21/h2-9,15H,10-14H2,1H3. The van der Waals surface area contributed by atoms with Crippen LogP contribution in [0.15, 0.2) is 57.8 Å². The number of likely N-dealkylation sites (tertiary alicyclic amines) is 1. The minimum absolute atomic E-state index is 0.187. The average Bonchev–Trinajstić information content (AvgIpc) is 3.17. The highest BCUT2D eigenvalue weighted by atomic mass is 32.2. The number of benzene rings is 2. The highest BCUT2D eigenvalue weighted by Gasteiger charge is 2.26. The molecule has 2 aromatic carbocycles. The second-order valence-corrected chi connectivity index (χ2v) is 7.69. The van der Waals surface area contributed by atoms with E-state index < -0.39 is 0 Å². The van der Waals surface area contributed by atoms with Crippen molar-refractivity contribution in [2.45, 2.75) is 23.7 Å². The number of aromatic nitrogens is 1. The topological polar surface area (TPSA) is 55.6 Å². The first kappa shape index (κ1) is 17.9. The van der Waals surface area contributed by atoms with E-state index in [1.54, 1.807) is 18.9 Å². The minimum Gasteiger partial charge on any atom is -0.497 e. The molecule has 1 aliphatic rings. The Kier molecular flexibility index (Phi) is 5.34. The quantitative estimate of drug-likeness (QED) is 0.615. The fourth-order valence-electron chi connectivity index (χ4n) is 3.35. The van der Waals surface area contributed by atoms with Gasteiger partial charge in [-0.2, -0.15) is 0 Å². The Morgan fingerprint density at radius 1 is 1.19 bits per heavy atom. The summed E-state index contributed by atoms with van der Waals surface area (Å²) in [6.07, 6.45) is 1.79. The van der Waals surface area contributed by atoms with Crippen molar-refractivity contribution >= 4 is 28.8 Å². The van der Waals surface area contributed by atoms with Crippen LogP contribution in [0.2, 0.25) is 0 Å². The molecule has 1 amide bonds. The lowest BCUT2D eigenvalue weighted by Crippen LogP contribution is -2.39. The molecular weight excluding hydrogens is 360 g/mol. The van der Waals surface area contributed by atoms with Crippen molar-refractivity contribution < 1.29 is 13.9 Å². The van der Waals surface area contributed by atoms with Crippen LogP contribution in [-0.2, 0) is 4.79 Å². The normalized spacial score (nSPS) is 15.2. The maximum absolute atomic E-state index is 12.5. The van der Waals surface area contributed by atoms with Crippen molar-refractivity contribution in [3.8, 4) is 5.75 Å². The number of amides is 1. The number of para-hydroxylation sites is 2. The molecule has 1 saturated heterocycles. The summed E-state index contributed by atoms with van der Waals surface area (Å²) in [5.41, 5.74) is 1.74. The van der Waals surface area contributed by atoms with Gasteiger partial charge in [-0.15, -0.1) is 11.8 Å². The first-order chi connectivity index (χ1) is 13.2. The molecule has 0 N–H and O–H groups in total. The summed E-state index contributed by atoms with van der Waals surface area (Å²) in [6.45, 7) is 1.51. The molecule has 0 atom stereocenters. The number of thioether (sulfide) groups is 1. The molecule has 0 aliphatic carbocycles.